The van der Waals surface area contributed by atoms with Gasteiger partial charge in [-0.3, -0.25) is 9.59 Å². The molecule has 0 aliphatic heterocycles. The van der Waals surface area contributed by atoms with E-state index in [9.17, 15) is 14.4 Å². The minimum Gasteiger partial charge on any atom is -0.437 e. The Hall–Kier alpha value is -0.966. The molecular weight excluding hydrogens is 629 g/mol. The summed E-state index contributed by atoms with van der Waals surface area (Å²) in [6.45, 7) is 30.3. The minimum absolute atomic E-state index is 0.0907. The van der Waals surface area contributed by atoms with Crippen molar-refractivity contribution in [1.82, 2.24) is 0 Å². The van der Waals surface area contributed by atoms with E-state index in [1.807, 2.05) is 39.3 Å². The van der Waals surface area contributed by atoms with Crippen molar-refractivity contribution >= 4 is 60.2 Å². The van der Waals surface area contributed by atoms with E-state index in [4.69, 9.17) is 35.4 Å². The van der Waals surface area contributed by atoms with Crippen molar-refractivity contribution in [2.45, 2.75) is 130 Å². The topological polar surface area (TPSA) is 125 Å². The van der Waals surface area contributed by atoms with Gasteiger partial charge in [-0.1, -0.05) is 6.58 Å². The first-order chi connectivity index (χ1) is 18.7. The number of ether oxygens (including phenoxy) is 4. The molecule has 2 atom stereocenters. The third-order valence-corrected chi connectivity index (χ3v) is 24.2. The van der Waals surface area contributed by atoms with Crippen molar-refractivity contribution in [1.29, 1.82) is 0 Å². The highest BCUT2D eigenvalue weighted by Crippen LogP contribution is 2.30. The maximum atomic E-state index is 12.7. The lowest BCUT2D eigenvalue weighted by Gasteiger charge is -2.42. The summed E-state index contributed by atoms with van der Waals surface area (Å²) in [6, 6.07) is 1.13. The molecule has 0 N–H and O–H groups in total. The van der Waals surface area contributed by atoms with Crippen molar-refractivity contribution in [3.63, 3.8) is 0 Å². The van der Waals surface area contributed by atoms with Crippen LogP contribution < -0.4 is 0 Å². The standard InChI is InChI=1S/C26H56O11Si5/c1-16-24(28)31-23(3)30-19-17-20-42(15,21-18-25(29)33-26(4,5)32-22(2)27)37-41(13,14)36-40(11,12)35-39(9,10)34-38(6,7)8/h16,23H,1,17-21H2,2-15H3. The van der Waals surface area contributed by atoms with E-state index in [1.54, 1.807) is 6.92 Å². The van der Waals surface area contributed by atoms with Crippen molar-refractivity contribution in [3.8, 4) is 0 Å². The van der Waals surface area contributed by atoms with Gasteiger partial charge in [-0.25, -0.2) is 4.79 Å². The average Bonchev–Trinajstić information content (AvgIpc) is 2.70. The first-order valence-electron chi connectivity index (χ1n) is 14.4. The molecule has 0 saturated carbocycles. The molecule has 0 aromatic heterocycles. The second kappa shape index (κ2) is 16.4. The van der Waals surface area contributed by atoms with Gasteiger partial charge in [-0.2, -0.15) is 0 Å². The van der Waals surface area contributed by atoms with Crippen LogP contribution in [0.15, 0.2) is 12.7 Å². The summed E-state index contributed by atoms with van der Waals surface area (Å²) >= 11 is 0. The molecule has 0 aromatic carbocycles. The second-order valence-corrected chi connectivity index (χ2v) is 33.1. The molecule has 0 aliphatic carbocycles. The van der Waals surface area contributed by atoms with Gasteiger partial charge in [0.15, 0.2) is 22.9 Å². The van der Waals surface area contributed by atoms with E-state index in [0.29, 0.717) is 25.1 Å². The molecule has 2 unspecified atom stereocenters. The highest BCUT2D eigenvalue weighted by Gasteiger charge is 2.46. The van der Waals surface area contributed by atoms with E-state index in [-0.39, 0.29) is 6.42 Å². The number of rotatable bonds is 20. The first kappa shape index (κ1) is 41.0. The van der Waals surface area contributed by atoms with Crippen LogP contribution in [0.1, 0.15) is 40.5 Å². The van der Waals surface area contributed by atoms with Gasteiger partial charge >= 0.3 is 43.6 Å². The number of hydrogen-bond acceptors (Lipinski definition) is 11. The van der Waals surface area contributed by atoms with E-state index < -0.39 is 72.3 Å². The fraction of sp³-hybridized carbons (Fsp3) is 0.808. The van der Waals surface area contributed by atoms with Crippen molar-refractivity contribution in [3.05, 3.63) is 12.7 Å². The quantitative estimate of drug-likeness (QED) is 0.0473. The molecule has 0 heterocycles. The van der Waals surface area contributed by atoms with Crippen LogP contribution in [0.4, 0.5) is 0 Å². The Morgan fingerprint density at radius 3 is 1.76 bits per heavy atom. The molecule has 16 heteroatoms. The smallest absolute Gasteiger partial charge is 0.332 e. The molecule has 0 aliphatic rings. The summed E-state index contributed by atoms with van der Waals surface area (Å²) in [5.41, 5.74) is 0. The maximum absolute atomic E-state index is 12.7. The summed E-state index contributed by atoms with van der Waals surface area (Å²) in [6.07, 6.45) is 1.08. The van der Waals surface area contributed by atoms with Crippen LogP contribution in [0.2, 0.25) is 77.6 Å². The monoisotopic (exact) mass is 684 g/mol. The summed E-state index contributed by atoms with van der Waals surface area (Å²) < 4.78 is 47.7. The number of esters is 3. The molecule has 0 bridgehead atoms. The normalized spacial score (nSPS) is 15.4. The third-order valence-electron chi connectivity index (χ3n) is 5.29. The Balaban J connectivity index is 5.61. The van der Waals surface area contributed by atoms with E-state index >= 15 is 0 Å². The van der Waals surface area contributed by atoms with E-state index in [1.165, 1.54) is 20.8 Å². The average molecular weight is 685 g/mol. The van der Waals surface area contributed by atoms with Crippen LogP contribution in [0.3, 0.4) is 0 Å². The van der Waals surface area contributed by atoms with Crippen LogP contribution in [-0.2, 0) is 49.8 Å². The summed E-state index contributed by atoms with van der Waals surface area (Å²) in [7, 11) is -12.2. The van der Waals surface area contributed by atoms with Gasteiger partial charge in [0.25, 0.3) is 5.79 Å². The first-order valence-corrected chi connectivity index (χ1v) is 29.0. The van der Waals surface area contributed by atoms with E-state index in [2.05, 4.69) is 32.8 Å². The molecular formula is C26H56O11Si5. The Kier molecular flexibility index (Phi) is 16.0. The van der Waals surface area contributed by atoms with Crippen LogP contribution in [0, 0.1) is 0 Å². The number of hydrogen-bond donors (Lipinski definition) is 0. The lowest BCUT2D eigenvalue weighted by molar-refractivity contribution is -0.214. The highest BCUT2D eigenvalue weighted by molar-refractivity contribution is 6.90. The van der Waals surface area contributed by atoms with Gasteiger partial charge < -0.3 is 35.4 Å². The van der Waals surface area contributed by atoms with Crippen LogP contribution >= 0.6 is 0 Å². The second-order valence-electron chi connectivity index (χ2n) is 13.3. The largest absolute Gasteiger partial charge is 0.437 e. The molecule has 0 radical (unpaired) electrons. The SMILES string of the molecule is C=CC(=O)OC(C)OCCC[Si](C)(CCC(=O)OC(C)(C)OC(C)=O)O[Si](C)(C)O[Si](C)(C)O[Si](C)(C)O[Si](C)(C)C. The predicted molar refractivity (Wildman–Crippen MR) is 174 cm³/mol. The maximum Gasteiger partial charge on any atom is 0.332 e. The number of carbonyl (C=O) groups excluding carboxylic acids is 3. The summed E-state index contributed by atoms with van der Waals surface area (Å²) in [5, 5.41) is 0. The fourth-order valence-corrected chi connectivity index (χ4v) is 29.2. The Bertz CT molecular complexity index is 919. The summed E-state index contributed by atoms with van der Waals surface area (Å²) in [4.78, 5) is 35.5. The zero-order chi connectivity index (χ0) is 33.2. The van der Waals surface area contributed by atoms with Crippen molar-refractivity contribution < 1.29 is 49.8 Å². The van der Waals surface area contributed by atoms with Crippen molar-refractivity contribution in [2.75, 3.05) is 6.61 Å². The van der Waals surface area contributed by atoms with Gasteiger partial charge in [-0.15, -0.1) is 0 Å². The predicted octanol–water partition coefficient (Wildman–Crippen LogP) is 6.28. The van der Waals surface area contributed by atoms with Crippen molar-refractivity contribution in [2.24, 2.45) is 0 Å². The van der Waals surface area contributed by atoms with Crippen LogP contribution in [0.25, 0.3) is 0 Å². The van der Waals surface area contributed by atoms with Gasteiger partial charge in [0.05, 0.1) is 6.61 Å². The molecule has 0 fully saturated rings. The fourth-order valence-electron chi connectivity index (χ4n) is 4.80. The molecule has 0 aromatic rings. The molecule has 0 amide bonds. The molecule has 0 spiro atoms. The molecule has 0 saturated heterocycles. The van der Waals surface area contributed by atoms with Gasteiger partial charge in [0.2, 0.25) is 0 Å². The lowest BCUT2D eigenvalue weighted by atomic mass is 10.3. The Labute approximate surface area is 258 Å². The number of carbonyl (C=O) groups is 3. The van der Waals surface area contributed by atoms with Gasteiger partial charge in [-0.05, 0) is 90.9 Å². The molecule has 42 heavy (non-hydrogen) atoms. The molecule has 246 valence electrons. The molecule has 0 rings (SSSR count). The van der Waals surface area contributed by atoms with Gasteiger partial charge in [0, 0.05) is 33.3 Å². The Morgan fingerprint density at radius 1 is 0.786 bits per heavy atom. The van der Waals surface area contributed by atoms with E-state index in [0.717, 1.165) is 6.08 Å². The zero-order valence-electron chi connectivity index (χ0n) is 28.4. The minimum atomic E-state index is -2.75. The Morgan fingerprint density at radius 2 is 1.29 bits per heavy atom. The third kappa shape index (κ3) is 20.1. The lowest BCUT2D eigenvalue weighted by Crippen LogP contribution is -2.58. The van der Waals surface area contributed by atoms with Gasteiger partial charge in [0.1, 0.15) is 0 Å². The zero-order valence-corrected chi connectivity index (χ0v) is 33.4. The summed E-state index contributed by atoms with van der Waals surface area (Å²) in [5.74, 6) is -2.95. The van der Waals surface area contributed by atoms with Crippen LogP contribution in [0.5, 0.6) is 0 Å². The molecule has 11 nitrogen and oxygen atoms in total. The highest BCUT2D eigenvalue weighted by atomic mass is 28.5. The van der Waals surface area contributed by atoms with Crippen LogP contribution in [-0.4, -0.2) is 78.9 Å².